The topological polar surface area (TPSA) is 82.7 Å². The molecule has 7 nitrogen and oxygen atoms in total. The summed E-state index contributed by atoms with van der Waals surface area (Å²) in [6, 6.07) is 11.5. The molecule has 0 spiro atoms. The standard InChI is InChI=1S/C19H23FN4O3S2/c20-15-5-7-16(8-6-15)29(25,26)23-18-4-2-1-3-17(18)22-19(28)21-9-10-24-11-13-27-14-12-24/h1-8,23H,9-14H2,(H2,21,22,28). The lowest BCUT2D eigenvalue weighted by atomic mass is 10.3. The van der Waals surface area contributed by atoms with Gasteiger partial charge in [0.05, 0.1) is 29.5 Å². The highest BCUT2D eigenvalue weighted by molar-refractivity contribution is 7.92. The van der Waals surface area contributed by atoms with Gasteiger partial charge >= 0.3 is 0 Å². The first-order chi connectivity index (χ1) is 13.9. The number of thiocarbonyl (C=S) groups is 1. The minimum absolute atomic E-state index is 0.0279. The largest absolute Gasteiger partial charge is 0.379 e. The van der Waals surface area contributed by atoms with Gasteiger partial charge < -0.3 is 15.4 Å². The maximum absolute atomic E-state index is 13.1. The first-order valence-corrected chi connectivity index (χ1v) is 11.1. The van der Waals surface area contributed by atoms with Gasteiger partial charge in [0.15, 0.2) is 5.11 Å². The van der Waals surface area contributed by atoms with Crippen molar-refractivity contribution in [3.63, 3.8) is 0 Å². The van der Waals surface area contributed by atoms with E-state index in [1.165, 1.54) is 12.1 Å². The Morgan fingerprint density at radius 1 is 1.07 bits per heavy atom. The number of para-hydroxylation sites is 2. The number of anilines is 2. The quantitative estimate of drug-likeness (QED) is 0.572. The van der Waals surface area contributed by atoms with E-state index in [1.54, 1.807) is 24.3 Å². The molecule has 1 fully saturated rings. The SMILES string of the molecule is O=S(=O)(Nc1ccccc1NC(=S)NCCN1CCOCC1)c1ccc(F)cc1. The summed E-state index contributed by atoms with van der Waals surface area (Å²) in [5.41, 5.74) is 0.858. The van der Waals surface area contributed by atoms with E-state index in [0.29, 0.717) is 23.0 Å². The number of nitrogens with zero attached hydrogens (tertiary/aromatic N) is 1. The summed E-state index contributed by atoms with van der Waals surface area (Å²) in [6.45, 7) is 4.78. The number of benzene rings is 2. The van der Waals surface area contributed by atoms with E-state index in [2.05, 4.69) is 20.3 Å². The fraction of sp³-hybridized carbons (Fsp3) is 0.316. The summed E-state index contributed by atoms with van der Waals surface area (Å²) in [7, 11) is -3.86. The van der Waals surface area contributed by atoms with Crippen molar-refractivity contribution < 1.29 is 17.5 Å². The van der Waals surface area contributed by atoms with Gasteiger partial charge in [-0.2, -0.15) is 0 Å². The number of ether oxygens (including phenoxy) is 1. The molecule has 1 aliphatic rings. The van der Waals surface area contributed by atoms with E-state index in [0.717, 1.165) is 45.0 Å². The van der Waals surface area contributed by atoms with Gasteiger partial charge in [-0.25, -0.2) is 12.8 Å². The van der Waals surface area contributed by atoms with Crippen LogP contribution in [0.15, 0.2) is 53.4 Å². The number of hydrogen-bond donors (Lipinski definition) is 3. The zero-order valence-corrected chi connectivity index (χ0v) is 17.4. The predicted molar refractivity (Wildman–Crippen MR) is 115 cm³/mol. The summed E-state index contributed by atoms with van der Waals surface area (Å²) in [5.74, 6) is -0.500. The second-order valence-corrected chi connectivity index (χ2v) is 8.53. The van der Waals surface area contributed by atoms with E-state index in [1.807, 2.05) is 0 Å². The van der Waals surface area contributed by atoms with Crippen LogP contribution in [0, 0.1) is 5.82 Å². The van der Waals surface area contributed by atoms with Crippen LogP contribution < -0.4 is 15.4 Å². The minimum atomic E-state index is -3.86. The Labute approximate surface area is 175 Å². The molecule has 0 amide bonds. The van der Waals surface area contributed by atoms with Gasteiger partial charge in [0.2, 0.25) is 0 Å². The number of morpholine rings is 1. The zero-order chi connectivity index (χ0) is 20.7. The number of halogens is 1. The van der Waals surface area contributed by atoms with Gasteiger partial charge in [-0.05, 0) is 48.6 Å². The van der Waals surface area contributed by atoms with Crippen LogP contribution in [0.2, 0.25) is 0 Å². The average Bonchev–Trinajstić information content (AvgIpc) is 2.70. The molecule has 1 saturated heterocycles. The van der Waals surface area contributed by atoms with Crippen LogP contribution in [-0.2, 0) is 14.8 Å². The molecular formula is C19H23FN4O3S2. The predicted octanol–water partition coefficient (Wildman–Crippen LogP) is 2.25. The van der Waals surface area contributed by atoms with E-state index in [4.69, 9.17) is 17.0 Å². The first kappa shape index (κ1) is 21.4. The van der Waals surface area contributed by atoms with E-state index in [-0.39, 0.29) is 4.90 Å². The van der Waals surface area contributed by atoms with Gasteiger partial charge in [-0.3, -0.25) is 9.62 Å². The number of nitrogens with one attached hydrogen (secondary N) is 3. The second-order valence-electron chi connectivity index (χ2n) is 6.44. The molecule has 1 heterocycles. The third kappa shape index (κ3) is 6.36. The van der Waals surface area contributed by atoms with Crippen molar-refractivity contribution in [3.8, 4) is 0 Å². The highest BCUT2D eigenvalue weighted by atomic mass is 32.2. The number of hydrogen-bond acceptors (Lipinski definition) is 5. The van der Waals surface area contributed by atoms with Crippen LogP contribution in [0.1, 0.15) is 0 Å². The Morgan fingerprint density at radius 2 is 1.72 bits per heavy atom. The summed E-state index contributed by atoms with van der Waals surface area (Å²) in [5, 5.41) is 6.54. The Hall–Kier alpha value is -2.27. The van der Waals surface area contributed by atoms with Gasteiger partial charge in [0.25, 0.3) is 10.0 Å². The maximum atomic E-state index is 13.1. The molecule has 3 rings (SSSR count). The van der Waals surface area contributed by atoms with Crippen molar-refractivity contribution in [2.75, 3.05) is 49.4 Å². The van der Waals surface area contributed by atoms with Crippen molar-refractivity contribution >= 4 is 38.7 Å². The highest BCUT2D eigenvalue weighted by Crippen LogP contribution is 2.24. The van der Waals surface area contributed by atoms with Crippen LogP contribution in [-0.4, -0.2) is 57.8 Å². The van der Waals surface area contributed by atoms with E-state index >= 15 is 0 Å². The molecule has 0 aromatic heterocycles. The zero-order valence-electron chi connectivity index (χ0n) is 15.7. The molecular weight excluding hydrogens is 415 g/mol. The summed E-state index contributed by atoms with van der Waals surface area (Å²) < 4.78 is 46.1. The summed E-state index contributed by atoms with van der Waals surface area (Å²) in [4.78, 5) is 2.25. The molecule has 3 N–H and O–H groups in total. The normalized spacial score (nSPS) is 14.9. The summed E-state index contributed by atoms with van der Waals surface area (Å²) in [6.07, 6.45) is 0. The van der Waals surface area contributed by atoms with Crippen molar-refractivity contribution in [1.82, 2.24) is 10.2 Å². The molecule has 10 heteroatoms. The van der Waals surface area contributed by atoms with Crippen LogP contribution in [0.3, 0.4) is 0 Å². The molecule has 2 aromatic carbocycles. The third-order valence-electron chi connectivity index (χ3n) is 4.36. The van der Waals surface area contributed by atoms with Crippen molar-refractivity contribution in [1.29, 1.82) is 0 Å². The molecule has 0 unspecified atom stereocenters. The van der Waals surface area contributed by atoms with Crippen LogP contribution in [0.4, 0.5) is 15.8 Å². The molecule has 2 aromatic rings. The van der Waals surface area contributed by atoms with E-state index in [9.17, 15) is 12.8 Å². The molecule has 1 aliphatic heterocycles. The maximum Gasteiger partial charge on any atom is 0.261 e. The molecule has 0 aliphatic carbocycles. The van der Waals surface area contributed by atoms with Crippen LogP contribution >= 0.6 is 12.2 Å². The molecule has 0 atom stereocenters. The molecule has 0 radical (unpaired) electrons. The smallest absolute Gasteiger partial charge is 0.261 e. The van der Waals surface area contributed by atoms with Crippen molar-refractivity contribution in [3.05, 3.63) is 54.3 Å². The number of sulfonamides is 1. The van der Waals surface area contributed by atoms with E-state index < -0.39 is 15.8 Å². The monoisotopic (exact) mass is 438 g/mol. The molecule has 0 bridgehead atoms. The van der Waals surface area contributed by atoms with Crippen LogP contribution in [0.5, 0.6) is 0 Å². The molecule has 29 heavy (non-hydrogen) atoms. The van der Waals surface area contributed by atoms with Crippen molar-refractivity contribution in [2.45, 2.75) is 4.90 Å². The Morgan fingerprint density at radius 3 is 2.41 bits per heavy atom. The Kier molecular flexibility index (Phi) is 7.37. The highest BCUT2D eigenvalue weighted by Gasteiger charge is 2.16. The van der Waals surface area contributed by atoms with Gasteiger partial charge in [-0.1, -0.05) is 12.1 Å². The molecule has 156 valence electrons. The first-order valence-electron chi connectivity index (χ1n) is 9.16. The lowest BCUT2D eigenvalue weighted by Crippen LogP contribution is -2.42. The van der Waals surface area contributed by atoms with Gasteiger partial charge in [0.1, 0.15) is 5.82 Å². The van der Waals surface area contributed by atoms with Crippen LogP contribution in [0.25, 0.3) is 0 Å². The van der Waals surface area contributed by atoms with Gasteiger partial charge in [0, 0.05) is 26.2 Å². The average molecular weight is 439 g/mol. The Bertz CT molecular complexity index is 933. The van der Waals surface area contributed by atoms with Gasteiger partial charge in [-0.15, -0.1) is 0 Å². The summed E-state index contributed by atoms with van der Waals surface area (Å²) >= 11 is 5.33. The van der Waals surface area contributed by atoms with Crippen molar-refractivity contribution in [2.24, 2.45) is 0 Å². The fourth-order valence-electron chi connectivity index (χ4n) is 2.82. The lowest BCUT2D eigenvalue weighted by molar-refractivity contribution is 0.0389. The second kappa shape index (κ2) is 9.97. The minimum Gasteiger partial charge on any atom is -0.379 e. The fourth-order valence-corrected chi connectivity index (χ4v) is 4.11. The Balaban J connectivity index is 1.59. The molecule has 0 saturated carbocycles. The number of rotatable bonds is 7. The third-order valence-corrected chi connectivity index (χ3v) is 5.99. The lowest BCUT2D eigenvalue weighted by Gasteiger charge is -2.26.